The minimum Gasteiger partial charge on any atom is -0.381 e. The van der Waals surface area contributed by atoms with Crippen LogP contribution in [0.2, 0.25) is 0 Å². The molecule has 5 heteroatoms. The number of hydrogen-bond donors (Lipinski definition) is 2. The van der Waals surface area contributed by atoms with Gasteiger partial charge in [-0.15, -0.1) is 0 Å². The molecule has 21 heavy (non-hydrogen) atoms. The number of unbranched alkanes of at least 4 members (excludes halogenated alkanes) is 1. The molecule has 1 unspecified atom stereocenters. The van der Waals surface area contributed by atoms with Gasteiger partial charge in [-0.1, -0.05) is 6.92 Å². The van der Waals surface area contributed by atoms with Crippen LogP contribution in [0.15, 0.2) is 0 Å². The summed E-state index contributed by atoms with van der Waals surface area (Å²) in [4.78, 5) is 14.1. The average molecular weight is 299 g/mol. The van der Waals surface area contributed by atoms with Gasteiger partial charge in [-0.05, 0) is 65.6 Å². The Balaban J connectivity index is 2.25. The highest BCUT2D eigenvalue weighted by Gasteiger charge is 2.29. The molecule has 0 aromatic rings. The molecule has 1 rings (SSSR count). The largest absolute Gasteiger partial charge is 0.381 e. The van der Waals surface area contributed by atoms with Gasteiger partial charge in [-0.2, -0.15) is 0 Å². The number of amides is 1. The van der Waals surface area contributed by atoms with E-state index < -0.39 is 5.54 Å². The van der Waals surface area contributed by atoms with Crippen molar-refractivity contribution < 1.29 is 9.53 Å². The van der Waals surface area contributed by atoms with E-state index in [0.717, 1.165) is 64.8 Å². The molecule has 0 bridgehead atoms. The van der Waals surface area contributed by atoms with Crippen LogP contribution in [0.1, 0.15) is 52.4 Å². The van der Waals surface area contributed by atoms with E-state index in [0.29, 0.717) is 6.04 Å². The van der Waals surface area contributed by atoms with Gasteiger partial charge in [0.1, 0.15) is 0 Å². The molecule has 1 heterocycles. The van der Waals surface area contributed by atoms with Gasteiger partial charge in [0.15, 0.2) is 0 Å². The Morgan fingerprint density at radius 3 is 2.62 bits per heavy atom. The first-order chi connectivity index (χ1) is 9.99. The van der Waals surface area contributed by atoms with Crippen molar-refractivity contribution >= 4 is 5.91 Å². The summed E-state index contributed by atoms with van der Waals surface area (Å²) in [6, 6.07) is 0.652. The van der Waals surface area contributed by atoms with Crippen molar-refractivity contribution in [1.82, 2.24) is 10.2 Å². The third-order valence-electron chi connectivity index (χ3n) is 4.56. The Labute approximate surface area is 129 Å². The monoisotopic (exact) mass is 299 g/mol. The number of nitrogens with two attached hydrogens (primary N) is 1. The molecule has 1 saturated heterocycles. The Hall–Kier alpha value is -0.650. The number of rotatable bonds is 10. The number of carbonyl (C=O) groups excluding carboxylic acids is 1. The van der Waals surface area contributed by atoms with Crippen molar-refractivity contribution in [2.24, 2.45) is 5.73 Å². The highest BCUT2D eigenvalue weighted by atomic mass is 16.5. The maximum Gasteiger partial charge on any atom is 0.237 e. The molecule has 1 aliphatic rings. The third kappa shape index (κ3) is 6.32. The fourth-order valence-corrected chi connectivity index (χ4v) is 2.85. The Morgan fingerprint density at radius 2 is 2.05 bits per heavy atom. The van der Waals surface area contributed by atoms with Crippen LogP contribution in [-0.2, 0) is 9.53 Å². The van der Waals surface area contributed by atoms with Crippen molar-refractivity contribution in [3.8, 4) is 0 Å². The van der Waals surface area contributed by atoms with Crippen molar-refractivity contribution in [1.29, 1.82) is 0 Å². The summed E-state index contributed by atoms with van der Waals surface area (Å²) in [7, 11) is 2.19. The maximum atomic E-state index is 11.6. The lowest BCUT2D eigenvalue weighted by Gasteiger charge is -2.32. The molecule has 3 N–H and O–H groups in total. The zero-order chi connectivity index (χ0) is 15.7. The smallest absolute Gasteiger partial charge is 0.237 e. The number of carbonyl (C=O) groups is 1. The second-order valence-electron chi connectivity index (χ2n) is 6.40. The number of hydrogen-bond acceptors (Lipinski definition) is 4. The summed E-state index contributed by atoms with van der Waals surface area (Å²) >= 11 is 0. The Kier molecular flexibility index (Phi) is 8.22. The maximum absolute atomic E-state index is 11.6. The normalized spacial score (nSPS) is 19.6. The van der Waals surface area contributed by atoms with Crippen LogP contribution in [-0.4, -0.2) is 55.7 Å². The van der Waals surface area contributed by atoms with Crippen LogP contribution >= 0.6 is 0 Å². The fourth-order valence-electron chi connectivity index (χ4n) is 2.85. The van der Waals surface area contributed by atoms with E-state index in [9.17, 15) is 4.79 Å². The second-order valence-corrected chi connectivity index (χ2v) is 6.40. The Morgan fingerprint density at radius 1 is 1.38 bits per heavy atom. The van der Waals surface area contributed by atoms with Gasteiger partial charge in [0.05, 0.1) is 5.54 Å². The zero-order valence-corrected chi connectivity index (χ0v) is 14.0. The standard InChI is InChI=1S/C16H33N3O2/c1-4-10-18-16(2,15(17)20)9-5-6-11-19(3)14-7-12-21-13-8-14/h14,18H,4-13H2,1-3H3,(H2,17,20). The quantitative estimate of drug-likeness (QED) is 0.600. The number of nitrogens with one attached hydrogen (secondary N) is 1. The molecule has 0 aliphatic carbocycles. The molecule has 0 aromatic heterocycles. The minimum absolute atomic E-state index is 0.242. The highest BCUT2D eigenvalue weighted by Crippen LogP contribution is 2.16. The predicted molar refractivity (Wildman–Crippen MR) is 86.2 cm³/mol. The molecule has 0 spiro atoms. The van der Waals surface area contributed by atoms with Crippen LogP contribution in [0, 0.1) is 0 Å². The first kappa shape index (κ1) is 18.4. The Bertz CT molecular complexity index is 306. The van der Waals surface area contributed by atoms with Crippen LogP contribution in [0.25, 0.3) is 0 Å². The van der Waals surface area contributed by atoms with Gasteiger partial charge in [-0.25, -0.2) is 0 Å². The summed E-state index contributed by atoms with van der Waals surface area (Å²) in [5, 5.41) is 3.29. The number of nitrogens with zero attached hydrogens (tertiary/aromatic N) is 1. The molecular formula is C16H33N3O2. The minimum atomic E-state index is -0.562. The van der Waals surface area contributed by atoms with E-state index in [-0.39, 0.29) is 5.91 Å². The molecule has 5 nitrogen and oxygen atoms in total. The molecule has 124 valence electrons. The van der Waals surface area contributed by atoms with Gasteiger partial charge in [0.25, 0.3) is 0 Å². The second kappa shape index (κ2) is 9.38. The average Bonchev–Trinajstić information content (AvgIpc) is 2.50. The van der Waals surface area contributed by atoms with E-state index in [2.05, 4.69) is 24.2 Å². The van der Waals surface area contributed by atoms with E-state index >= 15 is 0 Å². The van der Waals surface area contributed by atoms with E-state index in [1.165, 1.54) is 0 Å². The summed E-state index contributed by atoms with van der Waals surface area (Å²) in [5.41, 5.74) is 4.98. The molecule has 1 fully saturated rings. The lowest BCUT2D eigenvalue weighted by atomic mass is 9.93. The van der Waals surface area contributed by atoms with Gasteiger partial charge in [0.2, 0.25) is 5.91 Å². The van der Waals surface area contributed by atoms with Crippen LogP contribution in [0.4, 0.5) is 0 Å². The van der Waals surface area contributed by atoms with Gasteiger partial charge >= 0.3 is 0 Å². The van der Waals surface area contributed by atoms with Crippen molar-refractivity contribution in [2.75, 3.05) is 33.4 Å². The molecule has 0 aromatic carbocycles. The zero-order valence-electron chi connectivity index (χ0n) is 14.0. The van der Waals surface area contributed by atoms with Gasteiger partial charge in [-0.3, -0.25) is 4.79 Å². The first-order valence-corrected chi connectivity index (χ1v) is 8.32. The summed E-state index contributed by atoms with van der Waals surface area (Å²) < 4.78 is 5.40. The van der Waals surface area contributed by atoms with Crippen molar-refractivity contribution in [2.45, 2.75) is 64.0 Å². The molecule has 0 saturated carbocycles. The van der Waals surface area contributed by atoms with Crippen molar-refractivity contribution in [3.63, 3.8) is 0 Å². The topological polar surface area (TPSA) is 67.6 Å². The van der Waals surface area contributed by atoms with E-state index in [4.69, 9.17) is 10.5 Å². The van der Waals surface area contributed by atoms with Crippen LogP contribution in [0.3, 0.4) is 0 Å². The molecule has 1 amide bonds. The van der Waals surface area contributed by atoms with E-state index in [1.807, 2.05) is 6.92 Å². The molecular weight excluding hydrogens is 266 g/mol. The third-order valence-corrected chi connectivity index (χ3v) is 4.56. The highest BCUT2D eigenvalue weighted by molar-refractivity contribution is 5.84. The summed E-state index contributed by atoms with van der Waals surface area (Å²) in [6.45, 7) is 7.70. The molecule has 0 radical (unpaired) electrons. The number of ether oxygens (including phenoxy) is 1. The molecule has 1 aliphatic heterocycles. The van der Waals surface area contributed by atoms with Gasteiger partial charge < -0.3 is 20.7 Å². The lowest BCUT2D eigenvalue weighted by Crippen LogP contribution is -2.53. The molecule has 1 atom stereocenters. The first-order valence-electron chi connectivity index (χ1n) is 8.32. The summed E-state index contributed by atoms with van der Waals surface area (Å²) in [5.74, 6) is -0.242. The van der Waals surface area contributed by atoms with Crippen LogP contribution in [0.5, 0.6) is 0 Å². The van der Waals surface area contributed by atoms with Crippen molar-refractivity contribution in [3.05, 3.63) is 0 Å². The van der Waals surface area contributed by atoms with Crippen LogP contribution < -0.4 is 11.1 Å². The summed E-state index contributed by atoms with van der Waals surface area (Å²) in [6.07, 6.45) is 6.20. The SMILES string of the molecule is CCCNC(C)(CCCCN(C)C1CCOCC1)C(N)=O. The fraction of sp³-hybridized carbons (Fsp3) is 0.938. The van der Waals surface area contributed by atoms with E-state index in [1.54, 1.807) is 0 Å². The lowest BCUT2D eigenvalue weighted by molar-refractivity contribution is -0.124. The number of primary amides is 1. The predicted octanol–water partition coefficient (Wildman–Crippen LogP) is 1.51. The van der Waals surface area contributed by atoms with Gasteiger partial charge in [0, 0.05) is 19.3 Å².